The predicted molar refractivity (Wildman–Crippen MR) is 131 cm³/mol. The lowest BCUT2D eigenvalue weighted by Crippen LogP contribution is -2.31. The van der Waals surface area contributed by atoms with Crippen LogP contribution in [0, 0.1) is 0 Å². The van der Waals surface area contributed by atoms with E-state index >= 15 is 0 Å². The Morgan fingerprint density at radius 2 is 1.67 bits per heavy atom. The van der Waals surface area contributed by atoms with Crippen LogP contribution in [0.1, 0.15) is 63.8 Å². The fourth-order valence-corrected chi connectivity index (χ4v) is 4.07. The Hall–Kier alpha value is -2.63. The fourth-order valence-electron chi connectivity index (χ4n) is 3.94. The average molecular weight is 470 g/mol. The van der Waals surface area contributed by atoms with Gasteiger partial charge in [-0.25, -0.2) is 0 Å². The van der Waals surface area contributed by atoms with Gasteiger partial charge in [0.1, 0.15) is 5.76 Å². The molecular formula is C27H32ClNO4. The number of Topliss-reactive ketones (excluding diaryl/α,β-unsaturated/α-hetero) is 1. The molecule has 1 amide bonds. The molecule has 0 saturated carbocycles. The Labute approximate surface area is 201 Å². The van der Waals surface area contributed by atoms with E-state index in [0.29, 0.717) is 30.2 Å². The van der Waals surface area contributed by atoms with E-state index in [0.717, 1.165) is 11.1 Å². The molecule has 33 heavy (non-hydrogen) atoms. The highest BCUT2D eigenvalue weighted by atomic mass is 35.5. The van der Waals surface area contributed by atoms with Crippen molar-refractivity contribution in [1.82, 2.24) is 4.90 Å². The number of carbonyl (C=O) groups excluding carboxylic acids is 2. The standard InChI is InChI=1S/C27H32ClNO4/c1-17(2)33-16-6-15-29-23(18-7-11-20(12-8-18)27(3,4)5)22(25(31)26(29)32)24(30)19-9-13-21(28)14-10-19/h7-14,17,23,30H,6,15-16H2,1-5H3/b24-22-. The summed E-state index contributed by atoms with van der Waals surface area (Å²) in [4.78, 5) is 27.6. The normalized spacial score (nSPS) is 18.4. The minimum Gasteiger partial charge on any atom is -0.507 e. The Balaban J connectivity index is 2.04. The van der Waals surface area contributed by atoms with Crippen LogP contribution >= 0.6 is 11.6 Å². The molecule has 1 aliphatic heterocycles. The lowest BCUT2D eigenvalue weighted by Gasteiger charge is -2.26. The van der Waals surface area contributed by atoms with Crippen LogP contribution < -0.4 is 0 Å². The van der Waals surface area contributed by atoms with E-state index in [1.807, 2.05) is 38.1 Å². The largest absolute Gasteiger partial charge is 0.507 e. The van der Waals surface area contributed by atoms with Gasteiger partial charge in [-0.1, -0.05) is 56.6 Å². The van der Waals surface area contributed by atoms with Crippen molar-refractivity contribution in [2.75, 3.05) is 13.2 Å². The molecule has 0 aromatic heterocycles. The third-order valence-electron chi connectivity index (χ3n) is 5.74. The summed E-state index contributed by atoms with van der Waals surface area (Å²) in [6.45, 7) is 11.1. The summed E-state index contributed by atoms with van der Waals surface area (Å²) >= 11 is 5.98. The smallest absolute Gasteiger partial charge is 0.295 e. The first-order chi connectivity index (χ1) is 15.5. The Kier molecular flexibility index (Phi) is 7.65. The first-order valence-corrected chi connectivity index (χ1v) is 11.6. The number of hydrogen-bond acceptors (Lipinski definition) is 4. The van der Waals surface area contributed by atoms with Crippen molar-refractivity contribution < 1.29 is 19.4 Å². The highest BCUT2D eigenvalue weighted by Crippen LogP contribution is 2.40. The van der Waals surface area contributed by atoms with Gasteiger partial charge in [-0.3, -0.25) is 9.59 Å². The summed E-state index contributed by atoms with van der Waals surface area (Å²) in [5.74, 6) is -1.49. The number of ketones is 1. The molecule has 0 bridgehead atoms. The van der Waals surface area contributed by atoms with E-state index < -0.39 is 17.7 Å². The average Bonchev–Trinajstić information content (AvgIpc) is 3.01. The maximum atomic E-state index is 13.1. The number of ether oxygens (including phenoxy) is 1. The van der Waals surface area contributed by atoms with Gasteiger partial charge in [0.15, 0.2) is 0 Å². The number of carbonyl (C=O) groups is 2. The van der Waals surface area contributed by atoms with Crippen molar-refractivity contribution in [3.63, 3.8) is 0 Å². The molecule has 3 rings (SSSR count). The van der Waals surface area contributed by atoms with E-state index in [9.17, 15) is 14.7 Å². The zero-order valence-corrected chi connectivity index (χ0v) is 20.6. The zero-order chi connectivity index (χ0) is 24.3. The summed E-state index contributed by atoms with van der Waals surface area (Å²) in [5.41, 5.74) is 2.43. The van der Waals surface area contributed by atoms with Gasteiger partial charge in [-0.05, 0) is 61.1 Å². The van der Waals surface area contributed by atoms with Gasteiger partial charge >= 0.3 is 0 Å². The molecule has 1 saturated heterocycles. The third kappa shape index (κ3) is 5.66. The van der Waals surface area contributed by atoms with Gasteiger partial charge in [0, 0.05) is 23.7 Å². The fraction of sp³-hybridized carbons (Fsp3) is 0.407. The van der Waals surface area contributed by atoms with Gasteiger partial charge in [-0.15, -0.1) is 0 Å². The molecule has 1 fully saturated rings. The zero-order valence-electron chi connectivity index (χ0n) is 19.9. The van der Waals surface area contributed by atoms with Gasteiger partial charge in [0.2, 0.25) is 0 Å². The highest BCUT2D eigenvalue weighted by molar-refractivity contribution is 6.46. The molecule has 1 N–H and O–H groups in total. The molecule has 6 heteroatoms. The molecule has 1 atom stereocenters. The lowest BCUT2D eigenvalue weighted by atomic mass is 9.85. The molecule has 2 aromatic rings. The van der Waals surface area contributed by atoms with Crippen LogP contribution in [0.2, 0.25) is 5.02 Å². The summed E-state index contributed by atoms with van der Waals surface area (Å²) in [6.07, 6.45) is 0.675. The number of hydrogen-bond donors (Lipinski definition) is 1. The van der Waals surface area contributed by atoms with Crippen molar-refractivity contribution in [3.05, 3.63) is 75.8 Å². The number of likely N-dealkylation sites (tertiary alicyclic amines) is 1. The van der Waals surface area contributed by atoms with Crippen LogP contribution in [-0.4, -0.2) is 41.0 Å². The maximum Gasteiger partial charge on any atom is 0.295 e. The minimum absolute atomic E-state index is 0.0299. The predicted octanol–water partition coefficient (Wildman–Crippen LogP) is 5.87. The van der Waals surface area contributed by atoms with Crippen molar-refractivity contribution >= 4 is 29.1 Å². The summed E-state index contributed by atoms with van der Waals surface area (Å²) in [7, 11) is 0. The van der Waals surface area contributed by atoms with Crippen LogP contribution in [0.15, 0.2) is 54.1 Å². The number of aliphatic hydroxyl groups excluding tert-OH is 1. The molecule has 2 aromatic carbocycles. The second-order valence-corrected chi connectivity index (χ2v) is 10.1. The van der Waals surface area contributed by atoms with Crippen molar-refractivity contribution in [2.24, 2.45) is 0 Å². The Bertz CT molecular complexity index is 1030. The van der Waals surface area contributed by atoms with Crippen molar-refractivity contribution in [1.29, 1.82) is 0 Å². The molecule has 5 nitrogen and oxygen atoms in total. The van der Waals surface area contributed by atoms with E-state index in [1.165, 1.54) is 0 Å². The number of nitrogens with zero attached hydrogens (tertiary/aromatic N) is 1. The van der Waals surface area contributed by atoms with Crippen molar-refractivity contribution in [2.45, 2.75) is 58.6 Å². The molecule has 1 heterocycles. The molecule has 176 valence electrons. The first kappa shape index (κ1) is 25.0. The van der Waals surface area contributed by atoms with E-state index in [-0.39, 0.29) is 22.9 Å². The van der Waals surface area contributed by atoms with Crippen LogP contribution in [0.5, 0.6) is 0 Å². The summed E-state index contributed by atoms with van der Waals surface area (Å²) < 4.78 is 5.62. The third-order valence-corrected chi connectivity index (χ3v) is 6.00. The first-order valence-electron chi connectivity index (χ1n) is 11.3. The Morgan fingerprint density at radius 1 is 1.06 bits per heavy atom. The van der Waals surface area contributed by atoms with Gasteiger partial charge in [0.05, 0.1) is 17.7 Å². The van der Waals surface area contributed by atoms with Crippen LogP contribution in [0.4, 0.5) is 0 Å². The maximum absolute atomic E-state index is 13.1. The van der Waals surface area contributed by atoms with Gasteiger partial charge in [-0.2, -0.15) is 0 Å². The highest BCUT2D eigenvalue weighted by Gasteiger charge is 2.45. The number of halogens is 1. The van der Waals surface area contributed by atoms with Crippen LogP contribution in [0.25, 0.3) is 5.76 Å². The molecule has 1 unspecified atom stereocenters. The number of rotatable bonds is 7. The minimum atomic E-state index is -0.683. The summed E-state index contributed by atoms with van der Waals surface area (Å²) in [6, 6.07) is 13.8. The molecule has 0 aliphatic carbocycles. The second-order valence-electron chi connectivity index (χ2n) is 9.64. The van der Waals surface area contributed by atoms with Gasteiger partial charge in [0.25, 0.3) is 11.7 Å². The Morgan fingerprint density at radius 3 is 2.21 bits per heavy atom. The quantitative estimate of drug-likeness (QED) is 0.238. The van der Waals surface area contributed by atoms with E-state index in [4.69, 9.17) is 16.3 Å². The molecule has 0 radical (unpaired) electrons. The topological polar surface area (TPSA) is 66.8 Å². The molecule has 0 spiro atoms. The van der Waals surface area contributed by atoms with E-state index in [1.54, 1.807) is 29.2 Å². The molecular weight excluding hydrogens is 438 g/mol. The number of aliphatic hydroxyl groups is 1. The van der Waals surface area contributed by atoms with Crippen LogP contribution in [-0.2, 0) is 19.7 Å². The summed E-state index contributed by atoms with van der Waals surface area (Å²) in [5, 5.41) is 11.6. The lowest BCUT2D eigenvalue weighted by molar-refractivity contribution is -0.140. The van der Waals surface area contributed by atoms with E-state index in [2.05, 4.69) is 20.8 Å². The number of benzene rings is 2. The van der Waals surface area contributed by atoms with Crippen LogP contribution in [0.3, 0.4) is 0 Å². The monoisotopic (exact) mass is 469 g/mol. The van der Waals surface area contributed by atoms with Gasteiger partial charge < -0.3 is 14.7 Å². The second kappa shape index (κ2) is 10.1. The number of amides is 1. The molecule has 1 aliphatic rings. The van der Waals surface area contributed by atoms with Crippen molar-refractivity contribution in [3.8, 4) is 0 Å². The SMILES string of the molecule is CC(C)OCCCN1C(=O)C(=O)/C(=C(\O)c2ccc(Cl)cc2)C1c1ccc(C(C)(C)C)cc1.